The van der Waals surface area contributed by atoms with E-state index >= 15 is 0 Å². The highest BCUT2D eigenvalue weighted by molar-refractivity contribution is 5.95. The number of anilines is 1. The van der Waals surface area contributed by atoms with Gasteiger partial charge in [-0.05, 0) is 38.3 Å². The van der Waals surface area contributed by atoms with E-state index in [-0.39, 0.29) is 23.2 Å². The predicted octanol–water partition coefficient (Wildman–Crippen LogP) is 3.41. The zero-order valence-electron chi connectivity index (χ0n) is 20.4. The molecule has 0 unspecified atom stereocenters. The number of amides is 1. The van der Waals surface area contributed by atoms with Crippen LogP contribution in [0.25, 0.3) is 16.6 Å². The number of piperidine rings is 1. The molecule has 2 fully saturated rings. The minimum Gasteiger partial charge on any atom is -0.390 e. The normalized spacial score (nSPS) is 22.1. The highest BCUT2D eigenvalue weighted by Gasteiger charge is 2.34. The van der Waals surface area contributed by atoms with Gasteiger partial charge in [0.2, 0.25) is 0 Å². The quantitative estimate of drug-likeness (QED) is 0.460. The highest BCUT2D eigenvalue weighted by atomic mass is 19.1. The lowest BCUT2D eigenvalue weighted by molar-refractivity contribution is 0.0600. The minimum atomic E-state index is -0.707. The number of hydrogen-bond acceptors (Lipinski definition) is 7. The molecule has 1 aromatic carbocycles. The summed E-state index contributed by atoms with van der Waals surface area (Å²) in [6.07, 6.45) is 3.76. The molecule has 1 amide bonds. The molecule has 10 heteroatoms. The van der Waals surface area contributed by atoms with Crippen LogP contribution in [0, 0.1) is 30.0 Å². The number of aryl methyl sites for hydroxylation is 1. The molecule has 9 nitrogen and oxygen atoms in total. The average Bonchev–Trinajstić information content (AvgIpc) is 3.50. The third kappa shape index (κ3) is 4.05. The number of benzene rings is 1. The number of aromatic nitrogens is 4. The maximum Gasteiger partial charge on any atom is 0.273 e. The number of halogens is 1. The highest BCUT2D eigenvalue weighted by Crippen LogP contribution is 2.33. The second kappa shape index (κ2) is 9.09. The van der Waals surface area contributed by atoms with Crippen LogP contribution in [-0.4, -0.2) is 61.2 Å². The zero-order valence-corrected chi connectivity index (χ0v) is 20.4. The summed E-state index contributed by atoms with van der Waals surface area (Å²) in [6, 6.07) is 11.9. The van der Waals surface area contributed by atoms with E-state index in [0.717, 1.165) is 36.3 Å². The summed E-state index contributed by atoms with van der Waals surface area (Å²) in [6.45, 7) is 3.27. The van der Waals surface area contributed by atoms with Crippen molar-refractivity contribution >= 4 is 28.3 Å². The van der Waals surface area contributed by atoms with Crippen molar-refractivity contribution in [3.63, 3.8) is 0 Å². The van der Waals surface area contributed by atoms with Gasteiger partial charge in [0, 0.05) is 42.8 Å². The molecule has 2 aliphatic heterocycles. The number of carbonyl (C=O) groups excluding carboxylic acids is 1. The van der Waals surface area contributed by atoms with E-state index in [1.165, 1.54) is 6.07 Å². The Morgan fingerprint density at radius 2 is 2.05 bits per heavy atom. The molecule has 3 aromatic heterocycles. The van der Waals surface area contributed by atoms with E-state index in [2.05, 4.69) is 11.1 Å². The minimum absolute atomic E-state index is 0.188. The second-order valence-electron chi connectivity index (χ2n) is 9.85. The molecular weight excluding hydrogens is 473 g/mol. The van der Waals surface area contributed by atoms with Crippen LogP contribution in [-0.2, 0) is 0 Å². The molecule has 5 heterocycles. The third-order valence-electron chi connectivity index (χ3n) is 7.37. The summed E-state index contributed by atoms with van der Waals surface area (Å²) in [5.41, 5.74) is 2.65. The fourth-order valence-corrected chi connectivity index (χ4v) is 5.45. The summed E-state index contributed by atoms with van der Waals surface area (Å²) in [7, 11) is 0. The number of nitriles is 1. The van der Waals surface area contributed by atoms with Gasteiger partial charge in [0.1, 0.15) is 22.8 Å². The number of para-hydroxylation sites is 1. The molecule has 2 saturated heterocycles. The monoisotopic (exact) mass is 499 g/mol. The number of hydrogen-bond donors (Lipinski definition) is 1. The molecule has 0 bridgehead atoms. The molecule has 2 aliphatic rings. The fourth-order valence-electron chi connectivity index (χ4n) is 5.45. The zero-order chi connectivity index (χ0) is 25.7. The Morgan fingerprint density at radius 3 is 2.86 bits per heavy atom. The van der Waals surface area contributed by atoms with Crippen molar-refractivity contribution in [2.75, 3.05) is 24.5 Å². The fraction of sp³-hybridized carbons (Fsp3) is 0.370. The Labute approximate surface area is 212 Å². The number of likely N-dealkylation sites (tertiary alicyclic amines) is 1. The number of rotatable bonds is 3. The summed E-state index contributed by atoms with van der Waals surface area (Å²) < 4.78 is 16.0. The molecule has 0 spiro atoms. The number of β-amino-alcohol motifs (C(OH)–C–C–N with tert-alkyl or cyclic N) is 1. The Bertz CT molecular complexity index is 1560. The van der Waals surface area contributed by atoms with E-state index in [1.54, 1.807) is 33.7 Å². The number of pyridine rings is 1. The Balaban J connectivity index is 1.32. The van der Waals surface area contributed by atoms with Crippen molar-refractivity contribution in [2.45, 2.75) is 38.3 Å². The topological polar surface area (TPSA) is 111 Å². The first-order valence-corrected chi connectivity index (χ1v) is 12.5. The maximum absolute atomic E-state index is 14.3. The van der Waals surface area contributed by atoms with Crippen molar-refractivity contribution in [1.29, 1.82) is 5.26 Å². The molecule has 0 aliphatic carbocycles. The van der Waals surface area contributed by atoms with Gasteiger partial charge in [0.05, 0.1) is 29.8 Å². The molecule has 0 radical (unpaired) electrons. The van der Waals surface area contributed by atoms with Gasteiger partial charge in [-0.15, -0.1) is 0 Å². The van der Waals surface area contributed by atoms with Crippen molar-refractivity contribution in [1.82, 2.24) is 24.5 Å². The van der Waals surface area contributed by atoms with E-state index in [0.29, 0.717) is 30.7 Å². The van der Waals surface area contributed by atoms with Crippen LogP contribution in [0.1, 0.15) is 47.1 Å². The smallest absolute Gasteiger partial charge is 0.273 e. The first kappa shape index (κ1) is 23.3. The van der Waals surface area contributed by atoms with Crippen molar-refractivity contribution in [3.05, 3.63) is 65.4 Å². The summed E-state index contributed by atoms with van der Waals surface area (Å²) in [4.78, 5) is 26.4. The SMILES string of the molecule is Cc1cn2nc([C@@H]3CCCCN3C(=O)c3ccc4cccc(F)c4n3)cc2nc1N1C[C@@H](C#N)[C@@H](O)C1. The van der Waals surface area contributed by atoms with Crippen LogP contribution in [0.2, 0.25) is 0 Å². The van der Waals surface area contributed by atoms with Crippen molar-refractivity contribution in [2.24, 2.45) is 5.92 Å². The van der Waals surface area contributed by atoms with Crippen LogP contribution >= 0.6 is 0 Å². The predicted molar refractivity (Wildman–Crippen MR) is 134 cm³/mol. The maximum atomic E-state index is 14.3. The van der Waals surface area contributed by atoms with Crippen LogP contribution < -0.4 is 4.90 Å². The standard InChI is InChI=1S/C27H26FN7O2/c1-16-13-35-24(31-26(16)33-14-18(12-29)23(36)15-33)11-21(32-35)22-7-2-3-10-34(22)27(37)20-9-8-17-5-4-6-19(28)25(17)30-20/h4-6,8-9,11,13,18,22-23,36H,2-3,7,10,14-15H2,1H3/t18-,22+,23+/m1/s1. The van der Waals surface area contributed by atoms with Crippen LogP contribution in [0.5, 0.6) is 0 Å². The number of aliphatic hydroxyl groups excluding tert-OH is 1. The van der Waals surface area contributed by atoms with Gasteiger partial charge in [-0.25, -0.2) is 18.9 Å². The molecule has 37 heavy (non-hydrogen) atoms. The number of nitrogens with zero attached hydrogens (tertiary/aromatic N) is 7. The van der Waals surface area contributed by atoms with E-state index in [9.17, 15) is 19.6 Å². The lowest BCUT2D eigenvalue weighted by atomic mass is 9.98. The van der Waals surface area contributed by atoms with Gasteiger partial charge in [-0.3, -0.25) is 4.79 Å². The third-order valence-corrected chi connectivity index (χ3v) is 7.37. The Morgan fingerprint density at radius 1 is 1.19 bits per heavy atom. The second-order valence-corrected chi connectivity index (χ2v) is 9.85. The lowest BCUT2D eigenvalue weighted by Gasteiger charge is -2.34. The van der Waals surface area contributed by atoms with Gasteiger partial charge in [0.15, 0.2) is 5.65 Å². The molecule has 6 rings (SSSR count). The van der Waals surface area contributed by atoms with E-state index < -0.39 is 17.8 Å². The van der Waals surface area contributed by atoms with E-state index in [1.807, 2.05) is 24.1 Å². The van der Waals surface area contributed by atoms with E-state index in [4.69, 9.17) is 10.1 Å². The molecule has 4 aromatic rings. The lowest BCUT2D eigenvalue weighted by Crippen LogP contribution is -2.39. The van der Waals surface area contributed by atoms with Gasteiger partial charge in [0.25, 0.3) is 5.91 Å². The van der Waals surface area contributed by atoms with Crippen molar-refractivity contribution in [3.8, 4) is 6.07 Å². The van der Waals surface area contributed by atoms with Crippen LogP contribution in [0.3, 0.4) is 0 Å². The molecule has 188 valence electrons. The molecule has 0 saturated carbocycles. The Hall–Kier alpha value is -4.10. The van der Waals surface area contributed by atoms with Gasteiger partial charge in [-0.1, -0.05) is 18.2 Å². The largest absolute Gasteiger partial charge is 0.390 e. The van der Waals surface area contributed by atoms with Crippen molar-refractivity contribution < 1.29 is 14.3 Å². The summed E-state index contributed by atoms with van der Waals surface area (Å²) in [5, 5.41) is 24.9. The summed E-state index contributed by atoms with van der Waals surface area (Å²) >= 11 is 0. The number of carbonyl (C=O) groups is 1. The van der Waals surface area contributed by atoms with Crippen LogP contribution in [0.15, 0.2) is 42.6 Å². The van der Waals surface area contributed by atoms with Gasteiger partial charge in [-0.2, -0.15) is 10.4 Å². The first-order chi connectivity index (χ1) is 17.9. The number of fused-ring (bicyclic) bond motifs is 2. The Kier molecular flexibility index (Phi) is 5.72. The van der Waals surface area contributed by atoms with Gasteiger partial charge < -0.3 is 14.9 Å². The first-order valence-electron chi connectivity index (χ1n) is 12.5. The number of aliphatic hydroxyl groups is 1. The molecular formula is C27H26FN7O2. The molecule has 1 N–H and O–H groups in total. The molecule has 3 atom stereocenters. The van der Waals surface area contributed by atoms with Crippen LogP contribution in [0.4, 0.5) is 10.2 Å². The average molecular weight is 500 g/mol. The van der Waals surface area contributed by atoms with Gasteiger partial charge >= 0.3 is 0 Å². The summed E-state index contributed by atoms with van der Waals surface area (Å²) in [5.74, 6) is -0.427.